The number of hydrogen-bond acceptors (Lipinski definition) is 2. The summed E-state index contributed by atoms with van der Waals surface area (Å²) in [6.07, 6.45) is 1.41. The van der Waals surface area contributed by atoms with Gasteiger partial charge in [0.1, 0.15) is 13.5 Å². The number of carbonyl (C=O) groups is 1. The number of rotatable bonds is 1. The van der Waals surface area contributed by atoms with Crippen LogP contribution in [0, 0.1) is 0 Å². The molecule has 13 heavy (non-hydrogen) atoms. The predicted octanol–water partition coefficient (Wildman–Crippen LogP) is 0.231. The molecule has 0 spiro atoms. The van der Waals surface area contributed by atoms with Gasteiger partial charge in [0.05, 0.1) is 5.02 Å². The van der Waals surface area contributed by atoms with Gasteiger partial charge in [-0.25, -0.2) is 0 Å². The first kappa shape index (κ1) is 10.1. The van der Waals surface area contributed by atoms with E-state index in [1.54, 1.807) is 14.1 Å². The van der Waals surface area contributed by atoms with E-state index in [9.17, 15) is 4.79 Å². The number of aromatic nitrogens is 1. The van der Waals surface area contributed by atoms with Crippen LogP contribution in [0.3, 0.4) is 0 Å². The molecule has 1 aromatic rings. The average molecular weight is 194 g/mol. The first-order valence-corrected chi connectivity index (χ1v) is 4.03. The van der Waals surface area contributed by atoms with Gasteiger partial charge < -0.3 is 4.90 Å². The predicted molar refractivity (Wildman–Crippen MR) is 52.7 cm³/mol. The van der Waals surface area contributed by atoms with Crippen molar-refractivity contribution in [2.45, 2.75) is 0 Å². The number of nitrogens with zero attached hydrogens (tertiary/aromatic N) is 2. The Kier molecular flexibility index (Phi) is 2.93. The van der Waals surface area contributed by atoms with Crippen LogP contribution in [0.2, 0.25) is 5.02 Å². The van der Waals surface area contributed by atoms with Crippen molar-refractivity contribution in [2.75, 3.05) is 14.1 Å². The minimum Gasteiger partial charge on any atom is -0.343 e. The van der Waals surface area contributed by atoms with Crippen LogP contribution in [0.1, 0.15) is 10.5 Å². The molecule has 1 amide bonds. The van der Waals surface area contributed by atoms with Gasteiger partial charge in [-0.05, 0) is 6.07 Å². The van der Waals surface area contributed by atoms with E-state index in [-0.39, 0.29) is 16.6 Å². The zero-order valence-electron chi connectivity index (χ0n) is 7.41. The van der Waals surface area contributed by atoms with Crippen LogP contribution in [0.25, 0.3) is 0 Å². The lowest BCUT2D eigenvalue weighted by Gasteiger charge is -2.10. The van der Waals surface area contributed by atoms with Crippen LogP contribution in [0.4, 0.5) is 0 Å². The van der Waals surface area contributed by atoms with Gasteiger partial charge >= 0.3 is 0 Å². The first-order chi connectivity index (χ1) is 6.02. The van der Waals surface area contributed by atoms with E-state index in [0.717, 1.165) is 0 Å². The Bertz CT molecular complexity index is 341. The Balaban J connectivity index is 3.09. The highest BCUT2D eigenvalue weighted by atomic mass is 35.5. The monoisotopic (exact) mass is 194 g/mol. The summed E-state index contributed by atoms with van der Waals surface area (Å²) in [7, 11) is 8.70. The highest BCUT2D eigenvalue weighted by Crippen LogP contribution is 2.11. The third-order valence-electron chi connectivity index (χ3n) is 1.47. The molecule has 0 saturated heterocycles. The SMILES string of the molecule is [B]c1cnc(C(=O)N(C)C)c(Cl)c1. The Hall–Kier alpha value is -1.03. The molecule has 0 unspecified atom stereocenters. The quantitative estimate of drug-likeness (QED) is 0.600. The van der Waals surface area contributed by atoms with Gasteiger partial charge in [-0.1, -0.05) is 17.1 Å². The third kappa shape index (κ3) is 2.22. The van der Waals surface area contributed by atoms with Gasteiger partial charge in [0, 0.05) is 20.3 Å². The van der Waals surface area contributed by atoms with Gasteiger partial charge in [-0.2, -0.15) is 0 Å². The number of hydrogen-bond donors (Lipinski definition) is 0. The Labute approximate surface area is 83.1 Å². The molecule has 1 rings (SSSR count). The maximum absolute atomic E-state index is 11.4. The fourth-order valence-corrected chi connectivity index (χ4v) is 1.08. The number of pyridine rings is 1. The molecule has 0 aliphatic carbocycles. The van der Waals surface area contributed by atoms with E-state index in [1.165, 1.54) is 17.2 Å². The molecule has 3 nitrogen and oxygen atoms in total. The largest absolute Gasteiger partial charge is 0.343 e. The molecular weight excluding hydrogens is 186 g/mol. The summed E-state index contributed by atoms with van der Waals surface area (Å²) >= 11 is 5.78. The summed E-state index contributed by atoms with van der Waals surface area (Å²) in [5.74, 6) is -0.231. The van der Waals surface area contributed by atoms with Crippen molar-refractivity contribution >= 4 is 30.8 Å². The van der Waals surface area contributed by atoms with Gasteiger partial charge in [-0.15, -0.1) is 0 Å². The highest BCUT2D eigenvalue weighted by Gasteiger charge is 2.13. The molecule has 0 aliphatic heterocycles. The average Bonchev–Trinajstić information content (AvgIpc) is 2.03. The molecule has 0 saturated carbocycles. The molecule has 0 fully saturated rings. The number of carbonyl (C=O) groups excluding carboxylic acids is 1. The molecular formula is C8H8BClN2O. The minimum atomic E-state index is -0.231. The minimum absolute atomic E-state index is 0.223. The van der Waals surface area contributed by atoms with Crippen molar-refractivity contribution in [2.24, 2.45) is 0 Å². The van der Waals surface area contributed by atoms with Crippen molar-refractivity contribution in [1.82, 2.24) is 9.88 Å². The summed E-state index contributed by atoms with van der Waals surface area (Å²) in [4.78, 5) is 16.7. The summed E-state index contributed by atoms with van der Waals surface area (Å²) < 4.78 is 0. The fraction of sp³-hybridized carbons (Fsp3) is 0.250. The molecule has 2 radical (unpaired) electrons. The van der Waals surface area contributed by atoms with E-state index in [1.807, 2.05) is 0 Å². The van der Waals surface area contributed by atoms with Crippen LogP contribution in [-0.4, -0.2) is 37.7 Å². The maximum atomic E-state index is 11.4. The van der Waals surface area contributed by atoms with Crippen molar-refractivity contribution in [3.05, 3.63) is 23.0 Å². The molecule has 0 bridgehead atoms. The molecule has 1 heterocycles. The zero-order chi connectivity index (χ0) is 10.0. The van der Waals surface area contributed by atoms with E-state index >= 15 is 0 Å². The summed E-state index contributed by atoms with van der Waals surface area (Å²) in [5.41, 5.74) is 0.668. The van der Waals surface area contributed by atoms with E-state index in [2.05, 4.69) is 4.98 Å². The summed E-state index contributed by atoms with van der Waals surface area (Å²) in [5, 5.41) is 0.277. The van der Waals surface area contributed by atoms with E-state index in [4.69, 9.17) is 19.4 Å². The van der Waals surface area contributed by atoms with Crippen LogP contribution < -0.4 is 5.46 Å². The lowest BCUT2D eigenvalue weighted by atomic mass is 9.98. The second-order valence-electron chi connectivity index (χ2n) is 2.80. The van der Waals surface area contributed by atoms with Gasteiger partial charge in [-0.3, -0.25) is 9.78 Å². The molecule has 1 aromatic heterocycles. The zero-order valence-corrected chi connectivity index (χ0v) is 8.17. The Morgan fingerprint density at radius 3 is 2.69 bits per heavy atom. The molecule has 0 atom stereocenters. The number of amides is 1. The van der Waals surface area contributed by atoms with E-state index in [0.29, 0.717) is 5.46 Å². The second kappa shape index (κ2) is 3.79. The smallest absolute Gasteiger partial charge is 0.273 e. The third-order valence-corrected chi connectivity index (χ3v) is 1.76. The second-order valence-corrected chi connectivity index (χ2v) is 3.21. The lowest BCUT2D eigenvalue weighted by Crippen LogP contribution is -2.24. The van der Waals surface area contributed by atoms with Gasteiger partial charge in [0.25, 0.3) is 5.91 Å². The van der Waals surface area contributed by atoms with Crippen LogP contribution in [0.5, 0.6) is 0 Å². The normalized spacial score (nSPS) is 9.77. The fourth-order valence-electron chi connectivity index (χ4n) is 0.822. The molecule has 0 aromatic carbocycles. The highest BCUT2D eigenvalue weighted by molar-refractivity contribution is 6.37. The van der Waals surface area contributed by atoms with Crippen molar-refractivity contribution < 1.29 is 4.79 Å². The van der Waals surface area contributed by atoms with Crippen molar-refractivity contribution in [1.29, 1.82) is 0 Å². The van der Waals surface area contributed by atoms with E-state index < -0.39 is 0 Å². The first-order valence-electron chi connectivity index (χ1n) is 3.65. The Morgan fingerprint density at radius 1 is 1.62 bits per heavy atom. The van der Waals surface area contributed by atoms with Gasteiger partial charge in [0.2, 0.25) is 0 Å². The lowest BCUT2D eigenvalue weighted by molar-refractivity contribution is 0.0822. The van der Waals surface area contributed by atoms with Crippen LogP contribution >= 0.6 is 11.6 Å². The molecule has 0 N–H and O–H groups in total. The molecule has 5 heteroatoms. The van der Waals surface area contributed by atoms with Crippen molar-refractivity contribution in [3.63, 3.8) is 0 Å². The molecule has 66 valence electrons. The standard InChI is InChI=1S/C8H8BClN2O/c1-12(2)8(13)7-6(10)3-5(9)4-11-7/h3-4H,1-2H3. The Morgan fingerprint density at radius 2 is 2.23 bits per heavy atom. The van der Waals surface area contributed by atoms with Gasteiger partial charge in [0.15, 0.2) is 0 Å². The summed E-state index contributed by atoms with van der Waals surface area (Å²) in [6.45, 7) is 0. The van der Waals surface area contributed by atoms with Crippen LogP contribution in [0.15, 0.2) is 12.3 Å². The summed E-state index contributed by atoms with van der Waals surface area (Å²) in [6, 6.07) is 1.51. The topological polar surface area (TPSA) is 33.2 Å². The van der Waals surface area contributed by atoms with Crippen LogP contribution in [-0.2, 0) is 0 Å². The van der Waals surface area contributed by atoms with Crippen molar-refractivity contribution in [3.8, 4) is 0 Å². The molecule has 0 aliphatic rings. The maximum Gasteiger partial charge on any atom is 0.273 e. The number of halogens is 1.